The summed E-state index contributed by atoms with van der Waals surface area (Å²) in [5.41, 5.74) is -1.15. The van der Waals surface area contributed by atoms with Crippen molar-refractivity contribution in [3.63, 3.8) is 0 Å². The largest absolute Gasteiger partial charge is 0.480 e. The van der Waals surface area contributed by atoms with Gasteiger partial charge in [0.2, 0.25) is 11.8 Å². The van der Waals surface area contributed by atoms with Gasteiger partial charge in [-0.05, 0) is 51.0 Å². The molecular formula is C23H24F3N3O6. The molecule has 0 saturated carbocycles. The number of aliphatic carboxylic acids is 1. The van der Waals surface area contributed by atoms with Gasteiger partial charge in [0.05, 0.1) is 5.69 Å². The van der Waals surface area contributed by atoms with Gasteiger partial charge in [-0.3, -0.25) is 9.59 Å². The van der Waals surface area contributed by atoms with E-state index >= 15 is 0 Å². The number of alkyl carbamates (subject to hydrolysis) is 1. The van der Waals surface area contributed by atoms with E-state index in [-0.39, 0.29) is 42.5 Å². The van der Waals surface area contributed by atoms with Gasteiger partial charge in [-0.15, -0.1) is 0 Å². The molecule has 1 aromatic heterocycles. The second kappa shape index (κ2) is 9.80. The van der Waals surface area contributed by atoms with Gasteiger partial charge in [0.25, 0.3) is 0 Å². The maximum atomic E-state index is 13.5. The van der Waals surface area contributed by atoms with E-state index in [0.29, 0.717) is 11.3 Å². The molecule has 1 aromatic carbocycles. The third kappa shape index (κ3) is 6.84. The predicted octanol–water partition coefficient (Wildman–Crippen LogP) is 4.28. The highest BCUT2D eigenvalue weighted by atomic mass is 19.4. The molecule has 2 N–H and O–H groups in total. The van der Waals surface area contributed by atoms with E-state index in [2.05, 4.69) is 10.3 Å². The molecule has 0 unspecified atom stereocenters. The predicted molar refractivity (Wildman–Crippen MR) is 117 cm³/mol. The van der Waals surface area contributed by atoms with Crippen molar-refractivity contribution in [2.75, 3.05) is 11.4 Å². The molecule has 0 bridgehead atoms. The molecule has 0 fully saturated rings. The number of nitrogens with one attached hydrogen (secondary N) is 1. The minimum absolute atomic E-state index is 0.0156. The number of carboxylic acids is 1. The van der Waals surface area contributed by atoms with Crippen molar-refractivity contribution in [2.24, 2.45) is 0 Å². The number of carboxylic acid groups (broad SMARTS) is 1. The summed E-state index contributed by atoms with van der Waals surface area (Å²) in [5, 5.41) is 11.5. The zero-order valence-electron chi connectivity index (χ0n) is 19.2. The molecule has 2 aromatic rings. The zero-order valence-corrected chi connectivity index (χ0v) is 19.2. The molecule has 1 aliphatic rings. The summed E-state index contributed by atoms with van der Waals surface area (Å²) in [7, 11) is 0. The van der Waals surface area contributed by atoms with Gasteiger partial charge in [0.1, 0.15) is 23.6 Å². The van der Waals surface area contributed by atoms with Crippen molar-refractivity contribution in [2.45, 2.75) is 51.9 Å². The normalized spacial score (nSPS) is 13.8. The lowest BCUT2D eigenvalue weighted by Gasteiger charge is -2.29. The van der Waals surface area contributed by atoms with Crippen molar-refractivity contribution < 1.29 is 42.1 Å². The third-order valence-electron chi connectivity index (χ3n) is 4.78. The molecule has 9 nitrogen and oxygen atoms in total. The summed E-state index contributed by atoms with van der Waals surface area (Å²) in [4.78, 5) is 39.9. The Morgan fingerprint density at radius 1 is 1.17 bits per heavy atom. The number of rotatable bonds is 6. The number of anilines is 1. The number of halogens is 3. The Hall–Kier alpha value is -3.83. The Labute approximate surface area is 198 Å². The molecule has 1 aliphatic heterocycles. The smallest absolute Gasteiger partial charge is 0.433 e. The highest BCUT2D eigenvalue weighted by molar-refractivity contribution is 6.00. The van der Waals surface area contributed by atoms with Crippen LogP contribution < -0.4 is 15.0 Å². The van der Waals surface area contributed by atoms with E-state index in [1.165, 1.54) is 24.3 Å². The van der Waals surface area contributed by atoms with Crippen LogP contribution in [0.3, 0.4) is 0 Å². The SMILES string of the molecule is CC(C)(C)OC(=O)NCc1cc(Oc2cccc3c2CCC(=O)N3CC(=O)O)nc(C(F)(F)F)c1. The van der Waals surface area contributed by atoms with Crippen LogP contribution in [0.25, 0.3) is 0 Å². The highest BCUT2D eigenvalue weighted by Crippen LogP contribution is 2.37. The van der Waals surface area contributed by atoms with Crippen LogP contribution in [0.5, 0.6) is 11.6 Å². The van der Waals surface area contributed by atoms with Crippen molar-refractivity contribution in [3.8, 4) is 11.6 Å². The molecule has 12 heteroatoms. The van der Waals surface area contributed by atoms with Crippen molar-refractivity contribution in [3.05, 3.63) is 47.2 Å². The first kappa shape index (κ1) is 25.8. The topological polar surface area (TPSA) is 118 Å². The number of hydrogen-bond acceptors (Lipinski definition) is 6. The van der Waals surface area contributed by atoms with Gasteiger partial charge in [0, 0.05) is 24.6 Å². The van der Waals surface area contributed by atoms with Gasteiger partial charge in [-0.25, -0.2) is 9.78 Å². The first-order valence-corrected chi connectivity index (χ1v) is 10.6. The minimum atomic E-state index is -4.78. The molecule has 2 amide bonds. The molecule has 0 saturated heterocycles. The minimum Gasteiger partial charge on any atom is -0.480 e. The Balaban J connectivity index is 1.91. The Kier molecular flexibility index (Phi) is 7.22. The lowest BCUT2D eigenvalue weighted by molar-refractivity contribution is -0.141. The third-order valence-corrected chi connectivity index (χ3v) is 4.78. The van der Waals surface area contributed by atoms with Gasteiger partial charge in [0.15, 0.2) is 0 Å². The molecular weight excluding hydrogens is 471 g/mol. The monoisotopic (exact) mass is 495 g/mol. The summed E-state index contributed by atoms with van der Waals surface area (Å²) in [6.07, 6.45) is -5.35. The average molecular weight is 495 g/mol. The standard InChI is InChI=1S/C23H24F3N3O6/c1-22(2,3)35-21(33)27-11-13-9-17(23(24,25)26)28-18(10-13)34-16-6-4-5-15-14(16)7-8-19(30)29(15)12-20(31)32/h4-6,9-10H,7-8,11-12H2,1-3H3,(H,27,33)(H,31,32). The molecule has 0 spiro atoms. The number of ether oxygens (including phenoxy) is 2. The summed E-state index contributed by atoms with van der Waals surface area (Å²) in [6, 6.07) is 6.57. The van der Waals surface area contributed by atoms with Crippen LogP contribution in [0.1, 0.15) is 44.0 Å². The number of carbonyl (C=O) groups is 3. The van der Waals surface area contributed by atoms with Gasteiger partial charge in [-0.1, -0.05) is 6.07 Å². The molecule has 0 aliphatic carbocycles. The lowest BCUT2D eigenvalue weighted by atomic mass is 10.00. The maximum absolute atomic E-state index is 13.5. The first-order chi connectivity index (χ1) is 16.2. The average Bonchev–Trinajstić information content (AvgIpc) is 2.72. The molecule has 0 atom stereocenters. The van der Waals surface area contributed by atoms with Crippen LogP contribution in [0, 0.1) is 0 Å². The van der Waals surface area contributed by atoms with Crippen molar-refractivity contribution >= 4 is 23.7 Å². The fourth-order valence-electron chi connectivity index (χ4n) is 3.42. The van der Waals surface area contributed by atoms with Crippen LogP contribution in [0.2, 0.25) is 0 Å². The Morgan fingerprint density at radius 2 is 1.89 bits per heavy atom. The summed E-state index contributed by atoms with van der Waals surface area (Å²) in [6.45, 7) is 4.12. The van der Waals surface area contributed by atoms with E-state index in [9.17, 15) is 27.6 Å². The number of amides is 2. The molecule has 35 heavy (non-hydrogen) atoms. The number of carbonyl (C=O) groups excluding carboxylic acids is 2. The number of nitrogens with zero attached hydrogens (tertiary/aromatic N) is 2. The number of alkyl halides is 3. The lowest BCUT2D eigenvalue weighted by Crippen LogP contribution is -2.39. The second-order valence-corrected chi connectivity index (χ2v) is 8.78. The van der Waals surface area contributed by atoms with E-state index in [0.717, 1.165) is 11.0 Å². The summed E-state index contributed by atoms with van der Waals surface area (Å²) >= 11 is 0. The van der Waals surface area contributed by atoms with Crippen LogP contribution in [0.4, 0.5) is 23.7 Å². The molecule has 0 radical (unpaired) electrons. The highest BCUT2D eigenvalue weighted by Gasteiger charge is 2.34. The fraction of sp³-hybridized carbons (Fsp3) is 0.391. The van der Waals surface area contributed by atoms with E-state index in [1.54, 1.807) is 20.8 Å². The quantitative estimate of drug-likeness (QED) is 0.614. The number of fused-ring (bicyclic) bond motifs is 1. The van der Waals surface area contributed by atoms with Gasteiger partial charge in [-0.2, -0.15) is 13.2 Å². The zero-order chi connectivity index (χ0) is 26.0. The fourth-order valence-corrected chi connectivity index (χ4v) is 3.42. The van der Waals surface area contributed by atoms with Gasteiger partial charge >= 0.3 is 18.2 Å². The maximum Gasteiger partial charge on any atom is 0.433 e. The summed E-state index contributed by atoms with van der Waals surface area (Å²) < 4.78 is 51.2. The van der Waals surface area contributed by atoms with Crippen LogP contribution in [-0.4, -0.2) is 40.2 Å². The number of aromatic nitrogens is 1. The number of pyridine rings is 1. The molecule has 3 rings (SSSR count). The second-order valence-electron chi connectivity index (χ2n) is 8.78. The van der Waals surface area contributed by atoms with Crippen LogP contribution >= 0.6 is 0 Å². The van der Waals surface area contributed by atoms with Crippen LogP contribution in [-0.2, 0) is 33.5 Å². The summed E-state index contributed by atoms with van der Waals surface area (Å²) in [5.74, 6) is -1.83. The first-order valence-electron chi connectivity index (χ1n) is 10.6. The number of hydrogen-bond donors (Lipinski definition) is 2. The number of benzene rings is 1. The van der Waals surface area contributed by atoms with Crippen molar-refractivity contribution in [1.29, 1.82) is 0 Å². The van der Waals surface area contributed by atoms with E-state index in [1.807, 2.05) is 0 Å². The molecule has 2 heterocycles. The van der Waals surface area contributed by atoms with E-state index in [4.69, 9.17) is 14.6 Å². The van der Waals surface area contributed by atoms with Crippen molar-refractivity contribution in [1.82, 2.24) is 10.3 Å². The molecule has 188 valence electrons. The van der Waals surface area contributed by atoms with Gasteiger partial charge < -0.3 is 24.8 Å². The Morgan fingerprint density at radius 3 is 2.51 bits per heavy atom. The van der Waals surface area contributed by atoms with Crippen LogP contribution in [0.15, 0.2) is 30.3 Å². The Bertz CT molecular complexity index is 1140. The van der Waals surface area contributed by atoms with E-state index < -0.39 is 36.1 Å².